The number of rotatable bonds is 2. The molecule has 0 saturated heterocycles. The Balaban J connectivity index is 2.59. The first-order valence-corrected chi connectivity index (χ1v) is 3.27. The number of aromatic nitrogens is 1. The molecule has 53 valence electrons. The maximum Gasteiger partial charge on any atom is 0.130 e. The first-order valence-electron chi connectivity index (χ1n) is 3.27. The molecule has 10 heavy (non-hydrogen) atoms. The molecule has 0 aliphatic rings. The molecule has 2 heteroatoms. The molecule has 1 rings (SSSR count). The van der Waals surface area contributed by atoms with Gasteiger partial charge in [-0.05, 0) is 19.9 Å². The average Bonchev–Trinajstić information content (AvgIpc) is 1.88. The van der Waals surface area contributed by atoms with Crippen LogP contribution in [-0.4, -0.2) is 11.1 Å². The SMILES string of the molecule is CC(C)Oc1[c]cncc1. The Kier molecular flexibility index (Phi) is 2.26. The van der Waals surface area contributed by atoms with Crippen LogP contribution in [0.4, 0.5) is 0 Å². The van der Waals surface area contributed by atoms with Gasteiger partial charge in [-0.25, -0.2) is 0 Å². The van der Waals surface area contributed by atoms with Gasteiger partial charge in [-0.2, -0.15) is 0 Å². The van der Waals surface area contributed by atoms with Gasteiger partial charge in [0.05, 0.1) is 6.10 Å². The summed E-state index contributed by atoms with van der Waals surface area (Å²) in [5, 5.41) is 0. The molecular weight excluding hydrogens is 126 g/mol. The van der Waals surface area contributed by atoms with Crippen molar-refractivity contribution in [2.24, 2.45) is 0 Å². The Morgan fingerprint density at radius 2 is 2.40 bits per heavy atom. The minimum absolute atomic E-state index is 0.207. The Bertz CT molecular complexity index is 184. The highest BCUT2D eigenvalue weighted by Crippen LogP contribution is 2.07. The van der Waals surface area contributed by atoms with E-state index in [1.165, 1.54) is 0 Å². The van der Waals surface area contributed by atoms with Gasteiger partial charge in [-0.15, -0.1) is 0 Å². The van der Waals surface area contributed by atoms with Gasteiger partial charge in [0.25, 0.3) is 0 Å². The number of nitrogens with zero attached hydrogens (tertiary/aromatic N) is 1. The van der Waals surface area contributed by atoms with E-state index in [4.69, 9.17) is 4.74 Å². The van der Waals surface area contributed by atoms with Gasteiger partial charge in [-0.1, -0.05) is 0 Å². The van der Waals surface area contributed by atoms with Crippen LogP contribution >= 0.6 is 0 Å². The second kappa shape index (κ2) is 3.20. The summed E-state index contributed by atoms with van der Waals surface area (Å²) in [6, 6.07) is 4.66. The fraction of sp³-hybridized carbons (Fsp3) is 0.375. The van der Waals surface area contributed by atoms with E-state index in [2.05, 4.69) is 11.1 Å². The first kappa shape index (κ1) is 7.06. The van der Waals surface area contributed by atoms with Crippen LogP contribution in [0.2, 0.25) is 0 Å². The number of hydrogen-bond acceptors (Lipinski definition) is 2. The zero-order valence-electron chi connectivity index (χ0n) is 6.16. The lowest BCUT2D eigenvalue weighted by molar-refractivity contribution is 0.241. The van der Waals surface area contributed by atoms with Crippen LogP contribution in [0, 0.1) is 6.07 Å². The predicted molar refractivity (Wildman–Crippen MR) is 38.8 cm³/mol. The maximum atomic E-state index is 5.32. The summed E-state index contributed by atoms with van der Waals surface area (Å²) >= 11 is 0. The first-order chi connectivity index (χ1) is 4.79. The normalized spacial score (nSPS) is 9.90. The van der Waals surface area contributed by atoms with E-state index in [0.717, 1.165) is 5.75 Å². The molecule has 0 aromatic carbocycles. The molecule has 1 aromatic rings. The zero-order chi connectivity index (χ0) is 7.40. The lowest BCUT2D eigenvalue weighted by Gasteiger charge is -2.07. The summed E-state index contributed by atoms with van der Waals surface area (Å²) in [5.74, 6) is 0.755. The molecule has 0 bridgehead atoms. The van der Waals surface area contributed by atoms with E-state index in [1.54, 1.807) is 18.5 Å². The highest BCUT2D eigenvalue weighted by molar-refractivity contribution is 5.15. The van der Waals surface area contributed by atoms with Crippen molar-refractivity contribution in [3.63, 3.8) is 0 Å². The molecule has 2 nitrogen and oxygen atoms in total. The van der Waals surface area contributed by atoms with Gasteiger partial charge < -0.3 is 4.74 Å². The zero-order valence-corrected chi connectivity index (χ0v) is 6.16. The van der Waals surface area contributed by atoms with E-state index < -0.39 is 0 Å². The third-order valence-electron chi connectivity index (χ3n) is 0.956. The Hall–Kier alpha value is -1.05. The lowest BCUT2D eigenvalue weighted by atomic mass is 10.4. The minimum atomic E-state index is 0.207. The quantitative estimate of drug-likeness (QED) is 0.617. The molecule has 0 saturated carbocycles. The van der Waals surface area contributed by atoms with Gasteiger partial charge in [-0.3, -0.25) is 4.98 Å². The Morgan fingerprint density at radius 1 is 1.60 bits per heavy atom. The van der Waals surface area contributed by atoms with Crippen LogP contribution in [0.25, 0.3) is 0 Å². The third kappa shape index (κ3) is 2.05. The molecule has 0 amide bonds. The summed E-state index contributed by atoms with van der Waals surface area (Å²) in [6.07, 6.45) is 3.49. The van der Waals surface area contributed by atoms with Crippen molar-refractivity contribution in [3.8, 4) is 5.75 Å². The van der Waals surface area contributed by atoms with Crippen LogP contribution in [-0.2, 0) is 0 Å². The van der Waals surface area contributed by atoms with Crippen LogP contribution in [0.15, 0.2) is 18.5 Å². The van der Waals surface area contributed by atoms with Gasteiger partial charge in [0.15, 0.2) is 0 Å². The average molecular weight is 136 g/mol. The van der Waals surface area contributed by atoms with Crippen molar-refractivity contribution in [2.75, 3.05) is 0 Å². The Labute approximate surface area is 60.9 Å². The van der Waals surface area contributed by atoms with Crippen LogP contribution in [0.5, 0.6) is 5.75 Å². The monoisotopic (exact) mass is 136 g/mol. The summed E-state index contributed by atoms with van der Waals surface area (Å²) < 4.78 is 5.32. The van der Waals surface area contributed by atoms with Gasteiger partial charge in [0, 0.05) is 18.5 Å². The molecule has 0 aliphatic heterocycles. The smallest absolute Gasteiger partial charge is 0.130 e. The number of ether oxygens (including phenoxy) is 1. The third-order valence-corrected chi connectivity index (χ3v) is 0.956. The molecular formula is C8H10NO. The molecule has 0 N–H and O–H groups in total. The van der Waals surface area contributed by atoms with Gasteiger partial charge >= 0.3 is 0 Å². The largest absolute Gasteiger partial charge is 0.490 e. The predicted octanol–water partition coefficient (Wildman–Crippen LogP) is 1.67. The van der Waals surface area contributed by atoms with Crippen molar-refractivity contribution < 1.29 is 4.74 Å². The fourth-order valence-electron chi connectivity index (χ4n) is 0.630. The second-order valence-corrected chi connectivity index (χ2v) is 2.27. The summed E-state index contributed by atoms with van der Waals surface area (Å²) in [4.78, 5) is 3.82. The molecule has 1 radical (unpaired) electrons. The molecule has 0 atom stereocenters. The van der Waals surface area contributed by atoms with Crippen LogP contribution in [0.1, 0.15) is 13.8 Å². The fourth-order valence-corrected chi connectivity index (χ4v) is 0.630. The van der Waals surface area contributed by atoms with E-state index in [-0.39, 0.29) is 6.10 Å². The van der Waals surface area contributed by atoms with E-state index in [0.29, 0.717) is 0 Å². The number of hydrogen-bond donors (Lipinski definition) is 0. The minimum Gasteiger partial charge on any atom is -0.490 e. The molecule has 1 aromatic heterocycles. The van der Waals surface area contributed by atoms with Crippen molar-refractivity contribution in [3.05, 3.63) is 24.5 Å². The summed E-state index contributed by atoms with van der Waals surface area (Å²) in [6.45, 7) is 3.96. The standard InChI is InChI=1S/C8H10NO/c1-7(2)10-8-3-5-9-6-4-8/h3,5-7H,1-2H3. The topological polar surface area (TPSA) is 22.1 Å². The Morgan fingerprint density at radius 3 is 2.90 bits per heavy atom. The molecule has 0 unspecified atom stereocenters. The van der Waals surface area contributed by atoms with Crippen molar-refractivity contribution in [2.45, 2.75) is 20.0 Å². The van der Waals surface area contributed by atoms with Crippen molar-refractivity contribution in [1.29, 1.82) is 0 Å². The summed E-state index contributed by atoms with van der Waals surface area (Å²) in [5.41, 5.74) is 0. The van der Waals surface area contributed by atoms with Crippen molar-refractivity contribution in [1.82, 2.24) is 4.98 Å². The number of pyridine rings is 1. The molecule has 0 fully saturated rings. The molecule has 1 heterocycles. The maximum absolute atomic E-state index is 5.32. The van der Waals surface area contributed by atoms with E-state index in [1.807, 2.05) is 13.8 Å². The van der Waals surface area contributed by atoms with Gasteiger partial charge in [0.2, 0.25) is 0 Å². The van der Waals surface area contributed by atoms with Crippen LogP contribution in [0.3, 0.4) is 0 Å². The highest BCUT2D eigenvalue weighted by Gasteiger charge is 1.94. The van der Waals surface area contributed by atoms with E-state index >= 15 is 0 Å². The lowest BCUT2D eigenvalue weighted by Crippen LogP contribution is -2.05. The molecule has 0 spiro atoms. The highest BCUT2D eigenvalue weighted by atomic mass is 16.5. The summed E-state index contributed by atoms with van der Waals surface area (Å²) in [7, 11) is 0. The van der Waals surface area contributed by atoms with E-state index in [9.17, 15) is 0 Å². The second-order valence-electron chi connectivity index (χ2n) is 2.27. The molecule has 0 aliphatic carbocycles. The van der Waals surface area contributed by atoms with Crippen molar-refractivity contribution >= 4 is 0 Å². The van der Waals surface area contributed by atoms with Crippen LogP contribution < -0.4 is 4.74 Å². The van der Waals surface area contributed by atoms with Gasteiger partial charge in [0.1, 0.15) is 5.75 Å².